The van der Waals surface area contributed by atoms with Gasteiger partial charge in [-0.05, 0) is 50.5 Å². The first-order valence-electron chi connectivity index (χ1n) is 8.44. The summed E-state index contributed by atoms with van der Waals surface area (Å²) in [6, 6.07) is 13.6. The summed E-state index contributed by atoms with van der Waals surface area (Å²) in [6.07, 6.45) is 0.943. The van der Waals surface area contributed by atoms with Crippen LogP contribution in [0.4, 0.5) is 5.69 Å². The minimum Gasteiger partial charge on any atom is -0.489 e. The molecular weight excluding hydrogens is 300 g/mol. The van der Waals surface area contributed by atoms with Gasteiger partial charge in [-0.1, -0.05) is 24.3 Å². The second-order valence-electron chi connectivity index (χ2n) is 6.83. The summed E-state index contributed by atoms with van der Waals surface area (Å²) >= 11 is 0. The zero-order chi connectivity index (χ0) is 17.3. The maximum atomic E-state index is 11.2. The van der Waals surface area contributed by atoms with E-state index in [4.69, 9.17) is 10.5 Å². The van der Waals surface area contributed by atoms with E-state index in [1.165, 1.54) is 0 Å². The van der Waals surface area contributed by atoms with Crippen molar-refractivity contribution in [2.24, 2.45) is 0 Å². The minimum atomic E-state index is -0.997. The van der Waals surface area contributed by atoms with Crippen LogP contribution in [0.15, 0.2) is 42.5 Å². The average Bonchev–Trinajstić information content (AvgIpc) is 2.96. The number of aryl methyl sites for hydroxylation is 2. The monoisotopic (exact) mass is 326 g/mol. The molecule has 1 saturated heterocycles. The first-order valence-corrected chi connectivity index (χ1v) is 8.44. The molecule has 2 aromatic rings. The molecule has 2 atom stereocenters. The summed E-state index contributed by atoms with van der Waals surface area (Å²) in [6.45, 7) is 7.47. The fraction of sp³-hybridized carbons (Fsp3) is 0.400. The van der Waals surface area contributed by atoms with Crippen molar-refractivity contribution in [2.75, 3.05) is 18.8 Å². The lowest BCUT2D eigenvalue weighted by Gasteiger charge is -2.36. The summed E-state index contributed by atoms with van der Waals surface area (Å²) in [5.74, 6) is 0.786. The number of benzene rings is 2. The number of rotatable bonds is 4. The second-order valence-corrected chi connectivity index (χ2v) is 6.83. The third-order valence-corrected chi connectivity index (χ3v) is 4.88. The zero-order valence-electron chi connectivity index (χ0n) is 14.6. The third kappa shape index (κ3) is 3.25. The summed E-state index contributed by atoms with van der Waals surface area (Å²) in [7, 11) is 0. The molecule has 0 aliphatic carbocycles. The minimum absolute atomic E-state index is 0.0580. The molecule has 1 aliphatic rings. The summed E-state index contributed by atoms with van der Waals surface area (Å²) in [5, 5.41) is 11.2. The Morgan fingerprint density at radius 1 is 1.17 bits per heavy atom. The molecule has 0 spiro atoms. The van der Waals surface area contributed by atoms with E-state index in [-0.39, 0.29) is 6.10 Å². The Labute approximate surface area is 143 Å². The van der Waals surface area contributed by atoms with Crippen LogP contribution < -0.4 is 10.5 Å². The lowest BCUT2D eigenvalue weighted by atomic mass is 9.93. The van der Waals surface area contributed by atoms with Crippen molar-refractivity contribution in [1.82, 2.24) is 4.90 Å². The Morgan fingerprint density at radius 3 is 2.50 bits per heavy atom. The lowest BCUT2D eigenvalue weighted by Crippen LogP contribution is -2.44. The zero-order valence-corrected chi connectivity index (χ0v) is 14.6. The van der Waals surface area contributed by atoms with E-state index in [1.54, 1.807) is 0 Å². The maximum absolute atomic E-state index is 11.2. The number of nitrogens with zero attached hydrogens (tertiary/aromatic N) is 1. The molecule has 1 heterocycles. The molecule has 1 aliphatic heterocycles. The normalized spacial score (nSPS) is 20.8. The third-order valence-electron chi connectivity index (χ3n) is 4.88. The number of hydrogen-bond acceptors (Lipinski definition) is 4. The number of nitrogens with two attached hydrogens (primary N) is 1. The molecule has 2 aromatic carbocycles. The number of anilines is 1. The van der Waals surface area contributed by atoms with Crippen LogP contribution in [0.1, 0.15) is 30.0 Å². The van der Waals surface area contributed by atoms with Crippen LogP contribution in [0.2, 0.25) is 0 Å². The fourth-order valence-electron chi connectivity index (χ4n) is 3.72. The van der Waals surface area contributed by atoms with Crippen LogP contribution in [0, 0.1) is 13.8 Å². The van der Waals surface area contributed by atoms with Crippen molar-refractivity contribution >= 4 is 5.69 Å². The molecule has 0 aromatic heterocycles. The number of ether oxygens (including phenoxy) is 1. The first kappa shape index (κ1) is 16.8. The van der Waals surface area contributed by atoms with Gasteiger partial charge in [0.2, 0.25) is 0 Å². The molecule has 3 rings (SSSR count). The van der Waals surface area contributed by atoms with Crippen molar-refractivity contribution < 1.29 is 9.84 Å². The number of likely N-dealkylation sites (tertiary alicyclic amines) is 1. The van der Waals surface area contributed by atoms with Gasteiger partial charge in [0.05, 0.1) is 0 Å². The molecule has 3 N–H and O–H groups in total. The molecular formula is C20H26N2O2. The van der Waals surface area contributed by atoms with Gasteiger partial charge in [0, 0.05) is 30.4 Å². The standard InChI is InChI=1S/C20H26N2O2/c1-14-6-4-7-15(2)19(14)20(3,23)22-11-10-18(13-22)24-17-9-5-8-16(21)12-17/h4-9,12,18,23H,10-11,13,21H2,1-3H3/t18-,20?/m0/s1. The molecule has 128 valence electrons. The van der Waals surface area contributed by atoms with Crippen molar-refractivity contribution in [1.29, 1.82) is 0 Å². The Kier molecular flexibility index (Phi) is 4.52. The predicted octanol–water partition coefficient (Wildman–Crippen LogP) is 3.20. The predicted molar refractivity (Wildman–Crippen MR) is 96.9 cm³/mol. The number of hydrogen-bond donors (Lipinski definition) is 2. The Hall–Kier alpha value is -2.04. The van der Waals surface area contributed by atoms with Crippen LogP contribution >= 0.6 is 0 Å². The van der Waals surface area contributed by atoms with E-state index in [0.29, 0.717) is 12.2 Å². The van der Waals surface area contributed by atoms with Crippen LogP contribution in [0.25, 0.3) is 0 Å². The Balaban J connectivity index is 1.75. The molecule has 1 unspecified atom stereocenters. The van der Waals surface area contributed by atoms with E-state index in [2.05, 4.69) is 4.90 Å². The van der Waals surface area contributed by atoms with Gasteiger partial charge in [0.15, 0.2) is 0 Å². The largest absolute Gasteiger partial charge is 0.489 e. The molecule has 4 nitrogen and oxygen atoms in total. The molecule has 0 bridgehead atoms. The van der Waals surface area contributed by atoms with Gasteiger partial charge in [-0.2, -0.15) is 0 Å². The van der Waals surface area contributed by atoms with Crippen molar-refractivity contribution in [3.63, 3.8) is 0 Å². The molecule has 4 heteroatoms. The second kappa shape index (κ2) is 6.46. The van der Waals surface area contributed by atoms with Gasteiger partial charge in [0.25, 0.3) is 0 Å². The lowest BCUT2D eigenvalue weighted by molar-refractivity contribution is -0.0927. The highest BCUT2D eigenvalue weighted by atomic mass is 16.5. The summed E-state index contributed by atoms with van der Waals surface area (Å²) in [5.41, 5.74) is 8.73. The van der Waals surface area contributed by atoms with Gasteiger partial charge in [-0.15, -0.1) is 0 Å². The van der Waals surface area contributed by atoms with Gasteiger partial charge in [0.1, 0.15) is 17.6 Å². The van der Waals surface area contributed by atoms with E-state index < -0.39 is 5.72 Å². The summed E-state index contributed by atoms with van der Waals surface area (Å²) in [4.78, 5) is 2.10. The van der Waals surface area contributed by atoms with Crippen LogP contribution in [-0.2, 0) is 5.72 Å². The summed E-state index contributed by atoms with van der Waals surface area (Å²) < 4.78 is 6.05. The van der Waals surface area contributed by atoms with Crippen LogP contribution in [0.5, 0.6) is 5.75 Å². The topological polar surface area (TPSA) is 58.7 Å². The highest BCUT2D eigenvalue weighted by molar-refractivity contribution is 5.43. The fourth-order valence-corrected chi connectivity index (χ4v) is 3.72. The van der Waals surface area contributed by atoms with E-state index in [0.717, 1.165) is 35.4 Å². The van der Waals surface area contributed by atoms with Gasteiger partial charge >= 0.3 is 0 Å². The Bertz CT molecular complexity index is 707. The highest BCUT2D eigenvalue weighted by Gasteiger charge is 2.39. The van der Waals surface area contributed by atoms with Crippen LogP contribution in [-0.4, -0.2) is 29.2 Å². The van der Waals surface area contributed by atoms with Crippen molar-refractivity contribution in [2.45, 2.75) is 39.0 Å². The number of aliphatic hydroxyl groups is 1. The van der Waals surface area contributed by atoms with Gasteiger partial charge < -0.3 is 15.6 Å². The molecule has 0 radical (unpaired) electrons. The van der Waals surface area contributed by atoms with Gasteiger partial charge in [-0.25, -0.2) is 0 Å². The van der Waals surface area contributed by atoms with E-state index in [9.17, 15) is 5.11 Å². The van der Waals surface area contributed by atoms with E-state index in [1.807, 2.05) is 63.2 Å². The smallest absolute Gasteiger partial charge is 0.142 e. The van der Waals surface area contributed by atoms with E-state index >= 15 is 0 Å². The number of nitrogen functional groups attached to an aromatic ring is 1. The van der Waals surface area contributed by atoms with Gasteiger partial charge in [-0.3, -0.25) is 4.90 Å². The first-order chi connectivity index (χ1) is 11.4. The van der Waals surface area contributed by atoms with Crippen molar-refractivity contribution in [3.05, 3.63) is 59.2 Å². The van der Waals surface area contributed by atoms with Crippen molar-refractivity contribution in [3.8, 4) is 5.75 Å². The van der Waals surface area contributed by atoms with Crippen LogP contribution in [0.3, 0.4) is 0 Å². The molecule has 1 fully saturated rings. The average molecular weight is 326 g/mol. The highest BCUT2D eigenvalue weighted by Crippen LogP contribution is 2.34. The maximum Gasteiger partial charge on any atom is 0.142 e. The molecule has 24 heavy (non-hydrogen) atoms. The Morgan fingerprint density at radius 2 is 1.83 bits per heavy atom. The molecule has 0 saturated carbocycles. The SMILES string of the molecule is Cc1cccc(C)c1C(C)(O)N1CC[C@H](Oc2cccc(N)c2)C1. The molecule has 0 amide bonds. The quantitative estimate of drug-likeness (QED) is 0.847.